The summed E-state index contributed by atoms with van der Waals surface area (Å²) in [5.74, 6) is -0.884. The van der Waals surface area contributed by atoms with Gasteiger partial charge in [-0.25, -0.2) is 4.98 Å². The molecule has 4 aromatic rings. The van der Waals surface area contributed by atoms with Gasteiger partial charge >= 0.3 is 5.91 Å². The van der Waals surface area contributed by atoms with Crippen LogP contribution < -0.4 is 14.4 Å². The predicted molar refractivity (Wildman–Crippen MR) is 144 cm³/mol. The number of Topliss-reactive ketones (excluding diaryl/α,β-unsaturated/α-hetero) is 1. The Morgan fingerprint density at radius 2 is 2.00 bits per heavy atom. The number of amides is 1. The summed E-state index contributed by atoms with van der Waals surface area (Å²) in [6.07, 6.45) is 0.611. The Kier molecular flexibility index (Phi) is 5.80. The van der Waals surface area contributed by atoms with Gasteiger partial charge in [0.25, 0.3) is 11.5 Å². The molecule has 0 aliphatic carbocycles. The number of benzene rings is 3. The molecule has 0 unspecified atom stereocenters. The lowest BCUT2D eigenvalue weighted by Crippen LogP contribution is -2.29. The van der Waals surface area contributed by atoms with Crippen LogP contribution in [0.1, 0.15) is 29.7 Å². The molecule has 2 aliphatic heterocycles. The average molecular weight is 544 g/mol. The first-order chi connectivity index (χ1) is 18.7. The number of methoxy groups -OCH3 is 1. The van der Waals surface area contributed by atoms with Crippen LogP contribution in [0.2, 0.25) is 0 Å². The number of ketones is 1. The number of ether oxygens (including phenoxy) is 2. The van der Waals surface area contributed by atoms with Gasteiger partial charge < -0.3 is 14.6 Å². The van der Waals surface area contributed by atoms with E-state index in [1.54, 1.807) is 42.5 Å². The van der Waals surface area contributed by atoms with Crippen LogP contribution in [0.3, 0.4) is 0 Å². The highest BCUT2D eigenvalue weighted by Crippen LogP contribution is 2.45. The molecule has 3 aromatic carbocycles. The van der Waals surface area contributed by atoms with E-state index in [1.807, 2.05) is 6.92 Å². The zero-order chi connectivity index (χ0) is 27.4. The van der Waals surface area contributed by atoms with Crippen LogP contribution in [-0.4, -0.2) is 39.9 Å². The van der Waals surface area contributed by atoms with Gasteiger partial charge in [-0.1, -0.05) is 23.5 Å². The molecular formula is C28H21N3O7S. The second-order valence-corrected chi connectivity index (χ2v) is 10.3. The Labute approximate surface area is 225 Å². The Morgan fingerprint density at radius 1 is 1.18 bits per heavy atom. The molecule has 0 saturated carbocycles. The lowest BCUT2D eigenvalue weighted by atomic mass is 9.94. The molecule has 0 bridgehead atoms. The minimum atomic E-state index is -1.14. The van der Waals surface area contributed by atoms with Crippen LogP contribution in [0.15, 0.2) is 66.2 Å². The van der Waals surface area contributed by atoms with Gasteiger partial charge in [-0.15, -0.1) is 0 Å². The van der Waals surface area contributed by atoms with Gasteiger partial charge in [-0.2, -0.15) is 0 Å². The topological polar surface area (TPSA) is 132 Å². The first-order valence-corrected chi connectivity index (χ1v) is 12.9. The summed E-state index contributed by atoms with van der Waals surface area (Å²) in [5.41, 5.74) is 1.70. The number of rotatable bonds is 5. The summed E-state index contributed by atoms with van der Waals surface area (Å²) in [5, 5.41) is 23.2. The Bertz CT molecular complexity index is 1730. The Hall–Kier alpha value is -4.77. The maximum atomic E-state index is 13.5. The van der Waals surface area contributed by atoms with Gasteiger partial charge in [0, 0.05) is 24.1 Å². The van der Waals surface area contributed by atoms with Crippen LogP contribution in [0.5, 0.6) is 11.5 Å². The minimum absolute atomic E-state index is 0.0227. The molecule has 1 saturated heterocycles. The molecule has 0 spiro atoms. The van der Waals surface area contributed by atoms with Crippen molar-refractivity contribution in [1.82, 2.24) is 4.98 Å². The zero-order valence-corrected chi connectivity index (χ0v) is 21.6. The summed E-state index contributed by atoms with van der Waals surface area (Å²) in [4.78, 5) is 43.8. The number of nitro groups is 1. The van der Waals surface area contributed by atoms with Crippen LogP contribution in [-0.2, 0) is 16.0 Å². The maximum absolute atomic E-state index is 13.5. The highest BCUT2D eigenvalue weighted by molar-refractivity contribution is 7.22. The number of hydrogen-bond acceptors (Lipinski definition) is 9. The minimum Gasteiger partial charge on any atom is -0.507 e. The summed E-state index contributed by atoms with van der Waals surface area (Å²) >= 11 is 1.17. The number of fused-ring (bicyclic) bond motifs is 2. The van der Waals surface area contributed by atoms with E-state index in [1.165, 1.54) is 41.5 Å². The molecule has 3 heterocycles. The van der Waals surface area contributed by atoms with E-state index in [9.17, 15) is 24.8 Å². The molecule has 11 heteroatoms. The third kappa shape index (κ3) is 4.07. The molecule has 1 fully saturated rings. The first kappa shape index (κ1) is 24.6. The van der Waals surface area contributed by atoms with E-state index in [4.69, 9.17) is 9.47 Å². The number of aromatic nitrogens is 1. The monoisotopic (exact) mass is 543 g/mol. The van der Waals surface area contributed by atoms with Crippen molar-refractivity contribution in [1.29, 1.82) is 0 Å². The van der Waals surface area contributed by atoms with Crippen LogP contribution >= 0.6 is 11.3 Å². The molecule has 0 radical (unpaired) electrons. The number of hydrogen-bond donors (Lipinski definition) is 1. The fourth-order valence-electron chi connectivity index (χ4n) is 5.00. The molecule has 6 rings (SSSR count). The SMILES string of the molecule is COc1ccc2nc(N3C(=O)C(=O)/C(=C(/O)c4ccc5c(c4)C[C@H](C)O5)[C@H]3c3cccc([N+](=O)[O-])c3)sc2c1. The molecule has 10 nitrogen and oxygen atoms in total. The van der Waals surface area contributed by atoms with Crippen molar-refractivity contribution >= 4 is 49.8 Å². The summed E-state index contributed by atoms with van der Waals surface area (Å²) in [6, 6.07) is 14.8. The number of nitrogens with zero attached hydrogens (tertiary/aromatic N) is 3. The molecule has 2 atom stereocenters. The second kappa shape index (κ2) is 9.21. The lowest BCUT2D eigenvalue weighted by Gasteiger charge is -2.22. The van der Waals surface area contributed by atoms with Crippen LogP contribution in [0.25, 0.3) is 16.0 Å². The van der Waals surface area contributed by atoms with E-state index in [0.717, 1.165) is 10.3 Å². The summed E-state index contributed by atoms with van der Waals surface area (Å²) in [7, 11) is 1.54. The smallest absolute Gasteiger partial charge is 0.301 e. The largest absolute Gasteiger partial charge is 0.507 e. The van der Waals surface area contributed by atoms with E-state index in [2.05, 4.69) is 4.98 Å². The van der Waals surface area contributed by atoms with Crippen LogP contribution in [0.4, 0.5) is 10.8 Å². The first-order valence-electron chi connectivity index (χ1n) is 12.0. The highest BCUT2D eigenvalue weighted by Gasteiger charge is 2.48. The van der Waals surface area contributed by atoms with Gasteiger partial charge in [-0.05, 0) is 54.4 Å². The Balaban J connectivity index is 1.55. The van der Waals surface area contributed by atoms with Crippen molar-refractivity contribution in [3.05, 3.63) is 93.0 Å². The third-order valence-electron chi connectivity index (χ3n) is 6.80. The third-order valence-corrected chi connectivity index (χ3v) is 7.82. The number of aliphatic hydroxyl groups excluding tert-OH is 1. The molecule has 1 N–H and O–H groups in total. The quantitative estimate of drug-likeness (QED) is 0.120. The van der Waals surface area contributed by atoms with E-state index in [0.29, 0.717) is 34.6 Å². The van der Waals surface area contributed by atoms with Crippen molar-refractivity contribution in [2.45, 2.75) is 25.5 Å². The summed E-state index contributed by atoms with van der Waals surface area (Å²) in [6.45, 7) is 1.93. The predicted octanol–water partition coefficient (Wildman–Crippen LogP) is 5.16. The van der Waals surface area contributed by atoms with Gasteiger partial charge in [0.1, 0.15) is 23.4 Å². The van der Waals surface area contributed by atoms with Crippen molar-refractivity contribution in [3.8, 4) is 11.5 Å². The lowest BCUT2D eigenvalue weighted by molar-refractivity contribution is -0.384. The number of aliphatic hydroxyl groups is 1. The van der Waals surface area contributed by atoms with Gasteiger partial charge in [0.05, 0.1) is 33.9 Å². The molecule has 196 valence electrons. The molecule has 1 aromatic heterocycles. The van der Waals surface area contributed by atoms with Crippen molar-refractivity contribution in [2.75, 3.05) is 12.0 Å². The van der Waals surface area contributed by atoms with E-state index in [-0.39, 0.29) is 28.3 Å². The van der Waals surface area contributed by atoms with Gasteiger partial charge in [-0.3, -0.25) is 24.6 Å². The van der Waals surface area contributed by atoms with E-state index >= 15 is 0 Å². The number of thiazole rings is 1. The highest BCUT2D eigenvalue weighted by atomic mass is 32.1. The second-order valence-electron chi connectivity index (χ2n) is 9.31. The number of anilines is 1. The average Bonchev–Trinajstić information content (AvgIpc) is 3.59. The molecule has 1 amide bonds. The van der Waals surface area contributed by atoms with Crippen molar-refractivity contribution < 1.29 is 29.1 Å². The van der Waals surface area contributed by atoms with Gasteiger partial charge in [0.2, 0.25) is 0 Å². The standard InChI is InChI=1S/C28H21N3O7S/c1-14-10-17-11-16(6-9-21(17)38-14)25(32)23-24(15-4-3-5-18(12-15)31(35)36)30(27(34)26(23)33)28-29-20-8-7-19(37-2)13-22(20)39-28/h3-9,11-14,24,32H,10H2,1-2H3/b25-23+/t14-,24+/m0/s1. The summed E-state index contributed by atoms with van der Waals surface area (Å²) < 4.78 is 11.8. The normalized spacial score (nSPS) is 19.8. The van der Waals surface area contributed by atoms with E-state index < -0.39 is 22.7 Å². The van der Waals surface area contributed by atoms with Crippen LogP contribution in [0, 0.1) is 10.1 Å². The molecular weight excluding hydrogens is 522 g/mol. The number of nitro benzene ring substituents is 1. The molecule has 39 heavy (non-hydrogen) atoms. The number of non-ortho nitro benzene ring substituents is 1. The van der Waals surface area contributed by atoms with Crippen molar-refractivity contribution in [2.24, 2.45) is 0 Å². The Morgan fingerprint density at radius 3 is 2.77 bits per heavy atom. The number of carbonyl (C=O) groups excluding carboxylic acids is 2. The zero-order valence-electron chi connectivity index (χ0n) is 20.8. The van der Waals surface area contributed by atoms with Gasteiger partial charge in [0.15, 0.2) is 5.13 Å². The fourth-order valence-corrected chi connectivity index (χ4v) is 6.02. The molecule has 2 aliphatic rings. The van der Waals surface area contributed by atoms with Crippen molar-refractivity contribution in [3.63, 3.8) is 0 Å². The number of carbonyl (C=O) groups is 2. The maximum Gasteiger partial charge on any atom is 0.301 e. The fraction of sp³-hybridized carbons (Fsp3) is 0.179.